The molecule has 0 aliphatic rings. The second-order valence-corrected chi connectivity index (χ2v) is 3.98. The molecule has 0 aliphatic heterocycles. The van der Waals surface area contributed by atoms with E-state index in [-0.39, 0.29) is 18.0 Å². The van der Waals surface area contributed by atoms with Crippen molar-refractivity contribution >= 4 is 5.82 Å². The van der Waals surface area contributed by atoms with Gasteiger partial charge in [-0.15, -0.1) is 0 Å². The molecular weight excluding hydrogens is 240 g/mol. The number of rotatable bonds is 4. The highest BCUT2D eigenvalue weighted by Gasteiger charge is 2.04. The van der Waals surface area contributed by atoms with Gasteiger partial charge in [-0.3, -0.25) is 0 Å². The van der Waals surface area contributed by atoms with E-state index in [2.05, 4.69) is 16.9 Å². The summed E-state index contributed by atoms with van der Waals surface area (Å²) in [6.07, 6.45) is 2.40. The number of nitrogen functional groups attached to an aromatic ring is 1. The Bertz CT molecular complexity index is 602. The standard InChI is InChI=1S/C14H14N4O/c1-2-10-3-5-12(6-4-10)19-9-13-17-8-11(7-15)14(16)18-13/h3-6,8H,2,9H2,1H3,(H2,16,17,18). The Kier molecular flexibility index (Phi) is 3.94. The molecular formula is C14H14N4O. The highest BCUT2D eigenvalue weighted by molar-refractivity contribution is 5.46. The molecule has 1 aromatic carbocycles. The van der Waals surface area contributed by atoms with Crippen LogP contribution in [0.3, 0.4) is 0 Å². The van der Waals surface area contributed by atoms with E-state index in [4.69, 9.17) is 15.7 Å². The maximum Gasteiger partial charge on any atom is 0.168 e. The molecule has 0 unspecified atom stereocenters. The van der Waals surface area contributed by atoms with Gasteiger partial charge >= 0.3 is 0 Å². The summed E-state index contributed by atoms with van der Waals surface area (Å²) >= 11 is 0. The van der Waals surface area contributed by atoms with Gasteiger partial charge in [0.05, 0.1) is 6.20 Å². The number of aryl methyl sites for hydroxylation is 1. The predicted octanol–water partition coefficient (Wildman–Crippen LogP) is 2.07. The Morgan fingerprint density at radius 1 is 1.32 bits per heavy atom. The number of nitrogens with two attached hydrogens (primary N) is 1. The Balaban J connectivity index is 2.02. The number of nitriles is 1. The molecule has 5 heteroatoms. The highest BCUT2D eigenvalue weighted by atomic mass is 16.5. The van der Waals surface area contributed by atoms with Crippen molar-refractivity contribution < 1.29 is 4.74 Å². The van der Waals surface area contributed by atoms with Gasteiger partial charge in [0, 0.05) is 0 Å². The summed E-state index contributed by atoms with van der Waals surface area (Å²) in [6.45, 7) is 2.32. The molecule has 0 bridgehead atoms. The largest absolute Gasteiger partial charge is 0.486 e. The van der Waals surface area contributed by atoms with E-state index < -0.39 is 0 Å². The lowest BCUT2D eigenvalue weighted by molar-refractivity contribution is 0.296. The molecule has 19 heavy (non-hydrogen) atoms. The molecule has 0 saturated heterocycles. The maximum atomic E-state index is 8.73. The first kappa shape index (κ1) is 12.8. The van der Waals surface area contributed by atoms with Gasteiger partial charge in [0.1, 0.15) is 29.8 Å². The molecule has 2 aromatic rings. The zero-order valence-electron chi connectivity index (χ0n) is 10.6. The SMILES string of the molecule is CCc1ccc(OCc2ncc(C#N)c(N)n2)cc1. The molecule has 0 amide bonds. The number of anilines is 1. The van der Waals surface area contributed by atoms with Crippen LogP contribution in [0.4, 0.5) is 5.82 Å². The third-order valence-electron chi connectivity index (χ3n) is 2.69. The fourth-order valence-electron chi connectivity index (χ4n) is 1.56. The van der Waals surface area contributed by atoms with Crippen LogP contribution < -0.4 is 10.5 Å². The molecule has 0 radical (unpaired) electrons. The summed E-state index contributed by atoms with van der Waals surface area (Å²) in [4.78, 5) is 8.03. The number of ether oxygens (including phenoxy) is 1. The van der Waals surface area contributed by atoms with E-state index in [1.807, 2.05) is 30.3 Å². The Morgan fingerprint density at radius 3 is 2.63 bits per heavy atom. The molecule has 2 rings (SSSR count). The Morgan fingerprint density at radius 2 is 2.05 bits per heavy atom. The lowest BCUT2D eigenvalue weighted by atomic mass is 10.2. The highest BCUT2D eigenvalue weighted by Crippen LogP contribution is 2.14. The van der Waals surface area contributed by atoms with Gasteiger partial charge in [0.15, 0.2) is 5.82 Å². The molecule has 0 spiro atoms. The fraction of sp³-hybridized carbons (Fsp3) is 0.214. The van der Waals surface area contributed by atoms with Crippen molar-refractivity contribution in [3.8, 4) is 11.8 Å². The summed E-state index contributed by atoms with van der Waals surface area (Å²) in [5.41, 5.74) is 7.14. The van der Waals surface area contributed by atoms with Gasteiger partial charge in [-0.2, -0.15) is 5.26 Å². The van der Waals surface area contributed by atoms with E-state index in [1.54, 1.807) is 0 Å². The lowest BCUT2D eigenvalue weighted by Gasteiger charge is -2.06. The molecule has 1 heterocycles. The van der Waals surface area contributed by atoms with Crippen molar-refractivity contribution in [2.45, 2.75) is 20.0 Å². The van der Waals surface area contributed by atoms with E-state index in [9.17, 15) is 0 Å². The first-order chi connectivity index (χ1) is 9.22. The van der Waals surface area contributed by atoms with E-state index in [0.717, 1.165) is 12.2 Å². The summed E-state index contributed by atoms with van der Waals surface area (Å²) in [6, 6.07) is 9.77. The van der Waals surface area contributed by atoms with Gasteiger partial charge in [0.2, 0.25) is 0 Å². The molecule has 96 valence electrons. The van der Waals surface area contributed by atoms with Crippen molar-refractivity contribution in [1.82, 2.24) is 9.97 Å². The van der Waals surface area contributed by atoms with Gasteiger partial charge in [-0.25, -0.2) is 9.97 Å². The molecule has 5 nitrogen and oxygen atoms in total. The van der Waals surface area contributed by atoms with Gasteiger partial charge < -0.3 is 10.5 Å². The minimum Gasteiger partial charge on any atom is -0.486 e. The quantitative estimate of drug-likeness (QED) is 0.902. The summed E-state index contributed by atoms with van der Waals surface area (Å²) in [5.74, 6) is 1.39. The molecule has 0 fully saturated rings. The second-order valence-electron chi connectivity index (χ2n) is 3.98. The predicted molar refractivity (Wildman–Crippen MR) is 71.3 cm³/mol. The van der Waals surface area contributed by atoms with Gasteiger partial charge in [-0.05, 0) is 24.1 Å². The molecule has 2 N–H and O–H groups in total. The van der Waals surface area contributed by atoms with Crippen LogP contribution in [0.25, 0.3) is 0 Å². The van der Waals surface area contributed by atoms with Crippen molar-refractivity contribution in [2.75, 3.05) is 5.73 Å². The first-order valence-electron chi connectivity index (χ1n) is 5.96. The van der Waals surface area contributed by atoms with Crippen molar-refractivity contribution in [1.29, 1.82) is 5.26 Å². The van der Waals surface area contributed by atoms with Crippen molar-refractivity contribution in [3.63, 3.8) is 0 Å². The smallest absolute Gasteiger partial charge is 0.168 e. The van der Waals surface area contributed by atoms with Gasteiger partial charge in [-0.1, -0.05) is 19.1 Å². The molecule has 0 aliphatic carbocycles. The van der Waals surface area contributed by atoms with Crippen LogP contribution in [0, 0.1) is 11.3 Å². The minimum absolute atomic E-state index is 0.178. The van der Waals surface area contributed by atoms with Crippen LogP contribution in [0.5, 0.6) is 5.75 Å². The zero-order chi connectivity index (χ0) is 13.7. The maximum absolute atomic E-state index is 8.73. The average molecular weight is 254 g/mol. The van der Waals surface area contributed by atoms with Crippen molar-refractivity contribution in [2.24, 2.45) is 0 Å². The van der Waals surface area contributed by atoms with E-state index in [0.29, 0.717) is 5.82 Å². The first-order valence-corrected chi connectivity index (χ1v) is 5.96. The monoisotopic (exact) mass is 254 g/mol. The molecule has 0 atom stereocenters. The van der Waals surface area contributed by atoms with Crippen LogP contribution in [-0.4, -0.2) is 9.97 Å². The normalized spacial score (nSPS) is 9.89. The number of benzene rings is 1. The minimum atomic E-state index is 0.178. The van der Waals surface area contributed by atoms with Gasteiger partial charge in [0.25, 0.3) is 0 Å². The fourth-order valence-corrected chi connectivity index (χ4v) is 1.56. The van der Waals surface area contributed by atoms with E-state index in [1.165, 1.54) is 11.8 Å². The number of aromatic nitrogens is 2. The zero-order valence-corrected chi connectivity index (χ0v) is 10.6. The number of hydrogen-bond donors (Lipinski definition) is 1. The number of nitrogens with zero attached hydrogens (tertiary/aromatic N) is 3. The third-order valence-corrected chi connectivity index (χ3v) is 2.69. The topological polar surface area (TPSA) is 84.8 Å². The van der Waals surface area contributed by atoms with Crippen LogP contribution >= 0.6 is 0 Å². The van der Waals surface area contributed by atoms with Crippen molar-refractivity contribution in [3.05, 3.63) is 47.4 Å². The average Bonchev–Trinajstić information content (AvgIpc) is 2.46. The molecule has 0 saturated carbocycles. The van der Waals surface area contributed by atoms with Crippen LogP contribution in [0.2, 0.25) is 0 Å². The summed E-state index contributed by atoms with van der Waals surface area (Å²) in [7, 11) is 0. The summed E-state index contributed by atoms with van der Waals surface area (Å²) < 4.78 is 5.56. The van der Waals surface area contributed by atoms with Crippen LogP contribution in [-0.2, 0) is 13.0 Å². The lowest BCUT2D eigenvalue weighted by Crippen LogP contribution is -2.05. The third kappa shape index (κ3) is 3.19. The number of hydrogen-bond acceptors (Lipinski definition) is 5. The summed E-state index contributed by atoms with van der Waals surface area (Å²) in [5, 5.41) is 8.73. The Labute approximate surface area is 111 Å². The molecule has 1 aromatic heterocycles. The second kappa shape index (κ2) is 5.83. The van der Waals surface area contributed by atoms with Crippen LogP contribution in [0.1, 0.15) is 23.9 Å². The Hall–Kier alpha value is -2.61. The van der Waals surface area contributed by atoms with Crippen LogP contribution in [0.15, 0.2) is 30.5 Å². The van der Waals surface area contributed by atoms with E-state index >= 15 is 0 Å².